The van der Waals surface area contributed by atoms with Gasteiger partial charge in [0, 0.05) is 19.7 Å². The van der Waals surface area contributed by atoms with Crippen molar-refractivity contribution in [1.82, 2.24) is 10.2 Å². The molecule has 1 aliphatic heterocycles. The van der Waals surface area contributed by atoms with Crippen LogP contribution in [0.5, 0.6) is 0 Å². The zero-order valence-corrected chi connectivity index (χ0v) is 11.2. The molecule has 96 valence electrons. The van der Waals surface area contributed by atoms with E-state index in [0.717, 1.165) is 19.1 Å². The number of hydrogen-bond donors (Lipinski definition) is 1. The van der Waals surface area contributed by atoms with Gasteiger partial charge >= 0.3 is 0 Å². The Morgan fingerprint density at radius 3 is 2.50 bits per heavy atom. The SMILES string of the molecule is CCC(COC)N(CC)CC1CCNCC1. The summed E-state index contributed by atoms with van der Waals surface area (Å²) >= 11 is 0. The first-order valence-corrected chi connectivity index (χ1v) is 6.75. The molecule has 0 aromatic rings. The van der Waals surface area contributed by atoms with Crippen molar-refractivity contribution in [2.24, 2.45) is 5.92 Å². The molecule has 0 amide bonds. The third-order valence-corrected chi connectivity index (χ3v) is 3.70. The first-order chi connectivity index (χ1) is 7.81. The molecular formula is C13H28N2O. The number of nitrogens with zero attached hydrogens (tertiary/aromatic N) is 1. The molecule has 1 heterocycles. The lowest BCUT2D eigenvalue weighted by molar-refractivity contribution is 0.0758. The van der Waals surface area contributed by atoms with E-state index in [0.29, 0.717) is 6.04 Å². The summed E-state index contributed by atoms with van der Waals surface area (Å²) in [5, 5.41) is 3.43. The van der Waals surface area contributed by atoms with Crippen molar-refractivity contribution in [1.29, 1.82) is 0 Å². The van der Waals surface area contributed by atoms with Crippen molar-refractivity contribution in [3.8, 4) is 0 Å². The summed E-state index contributed by atoms with van der Waals surface area (Å²) < 4.78 is 5.31. The van der Waals surface area contributed by atoms with Crippen molar-refractivity contribution in [2.45, 2.75) is 39.2 Å². The molecule has 16 heavy (non-hydrogen) atoms. The zero-order chi connectivity index (χ0) is 11.8. The second-order valence-electron chi connectivity index (χ2n) is 4.80. The highest BCUT2D eigenvalue weighted by Crippen LogP contribution is 2.16. The van der Waals surface area contributed by atoms with Crippen LogP contribution >= 0.6 is 0 Å². The molecule has 3 heteroatoms. The molecule has 0 aliphatic carbocycles. The summed E-state index contributed by atoms with van der Waals surface area (Å²) in [5.41, 5.74) is 0. The van der Waals surface area contributed by atoms with Crippen LogP contribution in [0.25, 0.3) is 0 Å². The molecule has 0 bridgehead atoms. The van der Waals surface area contributed by atoms with Gasteiger partial charge in [0.05, 0.1) is 6.61 Å². The molecule has 1 atom stereocenters. The molecule has 0 aromatic heterocycles. The third-order valence-electron chi connectivity index (χ3n) is 3.70. The van der Waals surface area contributed by atoms with E-state index >= 15 is 0 Å². The summed E-state index contributed by atoms with van der Waals surface area (Å²) in [6.07, 6.45) is 3.85. The zero-order valence-electron chi connectivity index (χ0n) is 11.2. The number of piperidine rings is 1. The molecule has 0 saturated carbocycles. The van der Waals surface area contributed by atoms with Crippen molar-refractivity contribution >= 4 is 0 Å². The van der Waals surface area contributed by atoms with Gasteiger partial charge in [-0.25, -0.2) is 0 Å². The fraction of sp³-hybridized carbons (Fsp3) is 1.00. The van der Waals surface area contributed by atoms with E-state index in [4.69, 9.17) is 4.74 Å². The highest BCUT2D eigenvalue weighted by atomic mass is 16.5. The minimum atomic E-state index is 0.602. The fourth-order valence-electron chi connectivity index (χ4n) is 2.61. The van der Waals surface area contributed by atoms with Gasteiger partial charge in [-0.1, -0.05) is 13.8 Å². The minimum Gasteiger partial charge on any atom is -0.383 e. The Morgan fingerprint density at radius 1 is 1.31 bits per heavy atom. The number of nitrogens with one attached hydrogen (secondary N) is 1. The molecule has 1 saturated heterocycles. The standard InChI is InChI=1S/C13H28N2O/c1-4-13(11-16-3)15(5-2)10-12-6-8-14-9-7-12/h12-14H,4-11H2,1-3H3. The summed E-state index contributed by atoms with van der Waals surface area (Å²) in [4.78, 5) is 2.60. The topological polar surface area (TPSA) is 24.5 Å². The second kappa shape index (κ2) is 8.04. The fourth-order valence-corrected chi connectivity index (χ4v) is 2.61. The van der Waals surface area contributed by atoms with Crippen LogP contribution in [-0.2, 0) is 4.74 Å². The van der Waals surface area contributed by atoms with E-state index in [1.165, 1.54) is 38.9 Å². The molecule has 3 nitrogen and oxygen atoms in total. The number of likely N-dealkylation sites (N-methyl/N-ethyl adjacent to an activating group) is 1. The van der Waals surface area contributed by atoms with E-state index in [-0.39, 0.29) is 0 Å². The van der Waals surface area contributed by atoms with Crippen molar-refractivity contribution in [3.63, 3.8) is 0 Å². The maximum Gasteiger partial charge on any atom is 0.0617 e. The van der Waals surface area contributed by atoms with Crippen LogP contribution < -0.4 is 5.32 Å². The maximum absolute atomic E-state index is 5.31. The van der Waals surface area contributed by atoms with Gasteiger partial charge in [-0.05, 0) is 44.8 Å². The first-order valence-electron chi connectivity index (χ1n) is 6.75. The predicted octanol–water partition coefficient (Wildman–Crippen LogP) is 1.73. The molecule has 1 unspecified atom stereocenters. The van der Waals surface area contributed by atoms with Crippen LogP contribution in [0.4, 0.5) is 0 Å². The van der Waals surface area contributed by atoms with Crippen molar-refractivity contribution in [2.75, 3.05) is 39.9 Å². The quantitative estimate of drug-likeness (QED) is 0.718. The molecule has 1 aliphatic rings. The van der Waals surface area contributed by atoms with E-state index in [1.54, 1.807) is 7.11 Å². The number of ether oxygens (including phenoxy) is 1. The molecule has 1 fully saturated rings. The van der Waals surface area contributed by atoms with Gasteiger partial charge in [-0.15, -0.1) is 0 Å². The summed E-state index contributed by atoms with van der Waals surface area (Å²) in [6, 6.07) is 0.602. The third kappa shape index (κ3) is 4.40. The first kappa shape index (κ1) is 13.9. The Labute approximate surface area is 101 Å². The van der Waals surface area contributed by atoms with E-state index < -0.39 is 0 Å². The van der Waals surface area contributed by atoms with E-state index in [2.05, 4.69) is 24.1 Å². The summed E-state index contributed by atoms with van der Waals surface area (Å²) in [7, 11) is 1.81. The average Bonchev–Trinajstić information content (AvgIpc) is 2.35. The lowest BCUT2D eigenvalue weighted by Crippen LogP contribution is -2.43. The molecule has 0 spiro atoms. The summed E-state index contributed by atoms with van der Waals surface area (Å²) in [6.45, 7) is 10.2. The Balaban J connectivity index is 2.38. The van der Waals surface area contributed by atoms with E-state index in [9.17, 15) is 0 Å². The monoisotopic (exact) mass is 228 g/mol. The molecular weight excluding hydrogens is 200 g/mol. The van der Waals surface area contributed by atoms with Gasteiger partial charge in [-0.3, -0.25) is 4.90 Å². The van der Waals surface area contributed by atoms with Crippen molar-refractivity contribution in [3.05, 3.63) is 0 Å². The van der Waals surface area contributed by atoms with Gasteiger partial charge in [0.25, 0.3) is 0 Å². The molecule has 1 rings (SSSR count). The van der Waals surface area contributed by atoms with Crippen LogP contribution in [0.2, 0.25) is 0 Å². The van der Waals surface area contributed by atoms with Crippen LogP contribution in [0.15, 0.2) is 0 Å². The number of methoxy groups -OCH3 is 1. The number of rotatable bonds is 7. The largest absolute Gasteiger partial charge is 0.383 e. The molecule has 1 N–H and O–H groups in total. The molecule has 0 aromatic carbocycles. The lowest BCUT2D eigenvalue weighted by atomic mass is 9.96. The van der Waals surface area contributed by atoms with E-state index in [1.807, 2.05) is 0 Å². The van der Waals surface area contributed by atoms with Crippen LogP contribution in [0.1, 0.15) is 33.1 Å². The lowest BCUT2D eigenvalue weighted by Gasteiger charge is -2.34. The predicted molar refractivity (Wildman–Crippen MR) is 68.8 cm³/mol. The normalized spacial score (nSPS) is 20.2. The second-order valence-corrected chi connectivity index (χ2v) is 4.80. The Kier molecular flexibility index (Phi) is 7.01. The highest BCUT2D eigenvalue weighted by Gasteiger charge is 2.20. The van der Waals surface area contributed by atoms with Crippen molar-refractivity contribution < 1.29 is 4.74 Å². The average molecular weight is 228 g/mol. The smallest absolute Gasteiger partial charge is 0.0617 e. The van der Waals surface area contributed by atoms with Crippen LogP contribution in [0, 0.1) is 5.92 Å². The summed E-state index contributed by atoms with van der Waals surface area (Å²) in [5.74, 6) is 0.882. The van der Waals surface area contributed by atoms with Gasteiger partial charge < -0.3 is 10.1 Å². The Hall–Kier alpha value is -0.120. The highest BCUT2D eigenvalue weighted by molar-refractivity contribution is 4.76. The van der Waals surface area contributed by atoms with Gasteiger partial charge in [0.1, 0.15) is 0 Å². The van der Waals surface area contributed by atoms with Gasteiger partial charge in [0.2, 0.25) is 0 Å². The Morgan fingerprint density at radius 2 is 2.00 bits per heavy atom. The molecule has 0 radical (unpaired) electrons. The van der Waals surface area contributed by atoms with Crippen LogP contribution in [-0.4, -0.2) is 50.8 Å². The van der Waals surface area contributed by atoms with Crippen LogP contribution in [0.3, 0.4) is 0 Å². The van der Waals surface area contributed by atoms with Gasteiger partial charge in [0.15, 0.2) is 0 Å². The number of hydrogen-bond acceptors (Lipinski definition) is 3. The minimum absolute atomic E-state index is 0.602. The maximum atomic E-state index is 5.31. The Bertz CT molecular complexity index is 169. The van der Waals surface area contributed by atoms with Gasteiger partial charge in [-0.2, -0.15) is 0 Å².